The van der Waals surface area contributed by atoms with Gasteiger partial charge in [-0.05, 0) is 49.4 Å². The van der Waals surface area contributed by atoms with Gasteiger partial charge in [-0.3, -0.25) is 0 Å². The van der Waals surface area contributed by atoms with Crippen LogP contribution in [0, 0.1) is 6.92 Å². The molecule has 0 amide bonds. The molecule has 0 atom stereocenters. The van der Waals surface area contributed by atoms with Crippen molar-refractivity contribution >= 4 is 28.0 Å². The van der Waals surface area contributed by atoms with Gasteiger partial charge >= 0.3 is 5.97 Å². The maximum atomic E-state index is 11.5. The van der Waals surface area contributed by atoms with Gasteiger partial charge in [-0.2, -0.15) is 0 Å². The Kier molecular flexibility index (Phi) is 3.99. The van der Waals surface area contributed by atoms with Gasteiger partial charge in [0.2, 0.25) is 0 Å². The second-order valence-electron chi connectivity index (χ2n) is 3.66. The molecule has 3 nitrogen and oxygen atoms in total. The third-order valence-electron chi connectivity index (χ3n) is 2.18. The van der Waals surface area contributed by atoms with Crippen molar-refractivity contribution in [3.05, 3.63) is 58.5 Å². The van der Waals surface area contributed by atoms with Crippen molar-refractivity contribution in [1.29, 1.82) is 0 Å². The molecule has 0 bridgehead atoms. The molecular formula is C14H11BrO3. The molecule has 0 saturated heterocycles. The highest BCUT2D eigenvalue weighted by molar-refractivity contribution is 9.10. The minimum atomic E-state index is -0.439. The average molecular weight is 307 g/mol. The number of rotatable bonds is 3. The zero-order chi connectivity index (χ0) is 13.0. The van der Waals surface area contributed by atoms with Crippen LogP contribution in [0.15, 0.2) is 51.4 Å². The van der Waals surface area contributed by atoms with Crippen LogP contribution >= 0.6 is 15.9 Å². The van der Waals surface area contributed by atoms with Gasteiger partial charge in [0.15, 0.2) is 0 Å². The van der Waals surface area contributed by atoms with E-state index in [-0.39, 0.29) is 0 Å². The van der Waals surface area contributed by atoms with Crippen LogP contribution in [0.1, 0.15) is 11.5 Å². The summed E-state index contributed by atoms with van der Waals surface area (Å²) in [4.78, 5) is 11.5. The molecule has 1 aromatic carbocycles. The number of ether oxygens (including phenoxy) is 1. The molecule has 0 unspecified atom stereocenters. The Hall–Kier alpha value is -1.81. The minimum absolute atomic E-state index is 0.439. The summed E-state index contributed by atoms with van der Waals surface area (Å²) in [7, 11) is 0. The third kappa shape index (κ3) is 3.60. The summed E-state index contributed by atoms with van der Waals surface area (Å²) in [5.41, 5.74) is 0. The lowest BCUT2D eigenvalue weighted by molar-refractivity contribution is -0.128. The van der Waals surface area contributed by atoms with Gasteiger partial charge in [0.1, 0.15) is 17.3 Å². The molecule has 2 rings (SSSR count). The highest BCUT2D eigenvalue weighted by Crippen LogP contribution is 2.16. The van der Waals surface area contributed by atoms with E-state index in [2.05, 4.69) is 15.9 Å². The fourth-order valence-electron chi connectivity index (χ4n) is 1.35. The number of esters is 1. The maximum absolute atomic E-state index is 11.5. The van der Waals surface area contributed by atoms with E-state index in [1.54, 1.807) is 24.3 Å². The Morgan fingerprint density at radius 3 is 2.56 bits per heavy atom. The monoisotopic (exact) mass is 306 g/mol. The highest BCUT2D eigenvalue weighted by Gasteiger charge is 2.01. The van der Waals surface area contributed by atoms with Crippen LogP contribution < -0.4 is 4.74 Å². The van der Waals surface area contributed by atoms with Crippen LogP contribution in [0.2, 0.25) is 0 Å². The standard InChI is InChI=1S/C14H11BrO3/c1-10-2-5-12(17-10)8-9-14(16)18-13-6-3-11(15)4-7-13/h2-9H,1H3/b9-8+. The summed E-state index contributed by atoms with van der Waals surface area (Å²) in [6, 6.07) is 10.7. The lowest BCUT2D eigenvalue weighted by Crippen LogP contribution is -2.03. The average Bonchev–Trinajstić information content (AvgIpc) is 2.76. The summed E-state index contributed by atoms with van der Waals surface area (Å²) < 4.78 is 11.3. The molecular weight excluding hydrogens is 296 g/mol. The van der Waals surface area contributed by atoms with Crippen molar-refractivity contribution in [3.8, 4) is 5.75 Å². The predicted molar refractivity (Wildman–Crippen MR) is 72.3 cm³/mol. The van der Waals surface area contributed by atoms with Crippen LogP contribution in [-0.4, -0.2) is 5.97 Å². The second kappa shape index (κ2) is 5.69. The fraction of sp³-hybridized carbons (Fsp3) is 0.0714. The molecule has 1 aromatic heterocycles. The van der Waals surface area contributed by atoms with Gasteiger partial charge < -0.3 is 9.15 Å². The summed E-state index contributed by atoms with van der Waals surface area (Å²) in [5.74, 6) is 1.49. The minimum Gasteiger partial charge on any atom is -0.462 e. The quantitative estimate of drug-likeness (QED) is 0.489. The fourth-order valence-corrected chi connectivity index (χ4v) is 1.61. The molecule has 18 heavy (non-hydrogen) atoms. The normalized spacial score (nSPS) is 10.8. The first-order valence-corrected chi connectivity index (χ1v) is 6.15. The van der Waals surface area contributed by atoms with Gasteiger partial charge in [0, 0.05) is 10.5 Å². The Morgan fingerprint density at radius 2 is 1.94 bits per heavy atom. The van der Waals surface area contributed by atoms with Crippen molar-refractivity contribution in [2.75, 3.05) is 0 Å². The lowest BCUT2D eigenvalue weighted by atomic mass is 10.3. The van der Waals surface area contributed by atoms with Crippen LogP contribution in [0.5, 0.6) is 5.75 Å². The maximum Gasteiger partial charge on any atom is 0.336 e. The first kappa shape index (κ1) is 12.6. The summed E-state index contributed by atoms with van der Waals surface area (Å²) >= 11 is 3.31. The van der Waals surface area contributed by atoms with E-state index in [4.69, 9.17) is 9.15 Å². The van der Waals surface area contributed by atoms with E-state index in [1.807, 2.05) is 25.1 Å². The smallest absolute Gasteiger partial charge is 0.336 e. The molecule has 0 aliphatic rings. The number of furan rings is 1. The molecule has 4 heteroatoms. The number of halogens is 1. The van der Waals surface area contributed by atoms with Crippen molar-refractivity contribution < 1.29 is 13.9 Å². The van der Waals surface area contributed by atoms with Crippen LogP contribution in [-0.2, 0) is 4.79 Å². The Morgan fingerprint density at radius 1 is 1.22 bits per heavy atom. The van der Waals surface area contributed by atoms with Crippen molar-refractivity contribution in [1.82, 2.24) is 0 Å². The summed E-state index contributed by atoms with van der Waals surface area (Å²) in [5, 5.41) is 0. The zero-order valence-corrected chi connectivity index (χ0v) is 11.3. The van der Waals surface area contributed by atoms with Gasteiger partial charge in [-0.1, -0.05) is 15.9 Å². The molecule has 92 valence electrons. The van der Waals surface area contributed by atoms with E-state index in [9.17, 15) is 4.79 Å². The first-order chi connectivity index (χ1) is 8.63. The van der Waals surface area contributed by atoms with Crippen molar-refractivity contribution in [2.45, 2.75) is 6.92 Å². The molecule has 2 aromatic rings. The largest absolute Gasteiger partial charge is 0.462 e. The SMILES string of the molecule is Cc1ccc(/C=C/C(=O)Oc2ccc(Br)cc2)o1. The topological polar surface area (TPSA) is 39.4 Å². The van der Waals surface area contributed by atoms with E-state index in [0.717, 1.165) is 10.2 Å². The first-order valence-electron chi connectivity index (χ1n) is 5.35. The summed E-state index contributed by atoms with van der Waals surface area (Å²) in [6.07, 6.45) is 2.91. The number of carbonyl (C=O) groups excluding carboxylic acids is 1. The molecule has 0 radical (unpaired) electrons. The molecule has 0 fully saturated rings. The third-order valence-corrected chi connectivity index (χ3v) is 2.71. The van der Waals surface area contributed by atoms with E-state index in [1.165, 1.54) is 6.08 Å². The Balaban J connectivity index is 1.96. The van der Waals surface area contributed by atoms with Gasteiger partial charge in [-0.25, -0.2) is 4.79 Å². The van der Waals surface area contributed by atoms with Gasteiger partial charge in [0.25, 0.3) is 0 Å². The molecule has 0 spiro atoms. The molecule has 0 aliphatic carbocycles. The van der Waals surface area contributed by atoms with Crippen LogP contribution in [0.25, 0.3) is 6.08 Å². The van der Waals surface area contributed by atoms with Crippen molar-refractivity contribution in [3.63, 3.8) is 0 Å². The highest BCUT2D eigenvalue weighted by atomic mass is 79.9. The van der Waals surface area contributed by atoms with E-state index >= 15 is 0 Å². The van der Waals surface area contributed by atoms with Gasteiger partial charge in [0.05, 0.1) is 0 Å². The molecule has 0 aliphatic heterocycles. The molecule has 1 heterocycles. The Bertz CT molecular complexity index is 567. The number of hydrogen-bond acceptors (Lipinski definition) is 3. The second-order valence-corrected chi connectivity index (χ2v) is 4.57. The Labute approximate surface area is 113 Å². The summed E-state index contributed by atoms with van der Waals surface area (Å²) in [6.45, 7) is 1.84. The van der Waals surface area contributed by atoms with Crippen molar-refractivity contribution in [2.24, 2.45) is 0 Å². The van der Waals surface area contributed by atoms with Crippen LogP contribution in [0.3, 0.4) is 0 Å². The number of aryl methyl sites for hydroxylation is 1. The number of carbonyl (C=O) groups is 1. The number of benzene rings is 1. The number of hydrogen-bond donors (Lipinski definition) is 0. The molecule has 0 N–H and O–H groups in total. The predicted octanol–water partition coefficient (Wildman–Crippen LogP) is 3.97. The molecule has 0 saturated carbocycles. The zero-order valence-electron chi connectivity index (χ0n) is 9.72. The van der Waals surface area contributed by atoms with Crippen LogP contribution in [0.4, 0.5) is 0 Å². The van der Waals surface area contributed by atoms with E-state index in [0.29, 0.717) is 11.5 Å². The van der Waals surface area contributed by atoms with Gasteiger partial charge in [-0.15, -0.1) is 0 Å². The lowest BCUT2D eigenvalue weighted by Gasteiger charge is -2.00. The van der Waals surface area contributed by atoms with E-state index < -0.39 is 5.97 Å².